The highest BCUT2D eigenvalue weighted by molar-refractivity contribution is 5.82. The number of hydrogen-bond donors (Lipinski definition) is 1. The van der Waals surface area contributed by atoms with Gasteiger partial charge in [-0.05, 0) is 41.7 Å². The Labute approximate surface area is 135 Å². The van der Waals surface area contributed by atoms with Crippen LogP contribution < -0.4 is 4.74 Å². The number of rotatable bonds is 4. The zero-order valence-electron chi connectivity index (χ0n) is 13.1. The third kappa shape index (κ3) is 2.94. The number of hydrogen-bond acceptors (Lipinski definition) is 3. The van der Waals surface area contributed by atoms with E-state index in [1.165, 1.54) is 0 Å². The summed E-state index contributed by atoms with van der Waals surface area (Å²) < 4.78 is 10.5. The van der Waals surface area contributed by atoms with Crippen molar-refractivity contribution in [3.8, 4) is 16.9 Å². The van der Waals surface area contributed by atoms with E-state index in [-0.39, 0.29) is 0 Å². The van der Waals surface area contributed by atoms with E-state index in [1.807, 2.05) is 48.5 Å². The molecule has 0 amide bonds. The molecular weight excluding hydrogens is 292 g/mol. The molecule has 3 rings (SSSR count). The predicted octanol–water partition coefficient (Wildman–Crippen LogP) is 3.50. The van der Waals surface area contributed by atoms with Crippen LogP contribution >= 0.6 is 0 Å². The Hall–Kier alpha value is -2.33. The Morgan fingerprint density at radius 3 is 2.00 bits per heavy atom. The van der Waals surface area contributed by atoms with E-state index in [0.717, 1.165) is 22.4 Å². The topological polar surface area (TPSA) is 55.8 Å². The highest BCUT2D eigenvalue weighted by Crippen LogP contribution is 2.36. The quantitative estimate of drug-likeness (QED) is 0.939. The van der Waals surface area contributed by atoms with Crippen molar-refractivity contribution < 1.29 is 19.4 Å². The highest BCUT2D eigenvalue weighted by atomic mass is 16.5. The Morgan fingerprint density at radius 1 is 1.00 bits per heavy atom. The summed E-state index contributed by atoms with van der Waals surface area (Å²) in [6.07, 6.45) is 1.04. The third-order valence-corrected chi connectivity index (χ3v) is 4.62. The lowest BCUT2D eigenvalue weighted by atomic mass is 9.74. The first-order valence-corrected chi connectivity index (χ1v) is 7.72. The maximum absolute atomic E-state index is 11.8. The Bertz CT molecular complexity index is 668. The highest BCUT2D eigenvalue weighted by Gasteiger charge is 2.41. The number of carboxylic acid groups (broad SMARTS) is 1. The van der Waals surface area contributed by atoms with Gasteiger partial charge in [0.15, 0.2) is 0 Å². The first kappa shape index (κ1) is 15.6. The van der Waals surface area contributed by atoms with Gasteiger partial charge < -0.3 is 14.6 Å². The molecule has 0 aromatic heterocycles. The van der Waals surface area contributed by atoms with Crippen molar-refractivity contribution in [3.63, 3.8) is 0 Å². The van der Waals surface area contributed by atoms with Gasteiger partial charge >= 0.3 is 5.97 Å². The van der Waals surface area contributed by atoms with Crippen LogP contribution in [0.4, 0.5) is 0 Å². The Morgan fingerprint density at radius 2 is 1.52 bits per heavy atom. The molecule has 1 N–H and O–H groups in total. The van der Waals surface area contributed by atoms with E-state index >= 15 is 0 Å². The average molecular weight is 312 g/mol. The molecule has 0 saturated carbocycles. The van der Waals surface area contributed by atoms with Gasteiger partial charge in [-0.15, -0.1) is 0 Å². The summed E-state index contributed by atoms with van der Waals surface area (Å²) in [6, 6.07) is 15.7. The molecule has 23 heavy (non-hydrogen) atoms. The van der Waals surface area contributed by atoms with Gasteiger partial charge in [0.2, 0.25) is 0 Å². The lowest BCUT2D eigenvalue weighted by Gasteiger charge is -2.33. The van der Waals surface area contributed by atoms with Gasteiger partial charge in [0.05, 0.1) is 12.5 Å². The van der Waals surface area contributed by atoms with Gasteiger partial charge in [0.25, 0.3) is 0 Å². The van der Waals surface area contributed by atoms with Crippen molar-refractivity contribution in [2.24, 2.45) is 0 Å². The van der Waals surface area contributed by atoms with E-state index in [4.69, 9.17) is 9.47 Å². The third-order valence-electron chi connectivity index (χ3n) is 4.62. The molecule has 1 saturated heterocycles. The molecule has 4 nitrogen and oxygen atoms in total. The minimum Gasteiger partial charge on any atom is -0.497 e. The first-order valence-electron chi connectivity index (χ1n) is 7.72. The fourth-order valence-electron chi connectivity index (χ4n) is 3.11. The molecule has 120 valence electrons. The SMILES string of the molecule is COc1ccc(-c2ccc(C3(C(=O)O)CCOCC3)cc2)cc1. The van der Waals surface area contributed by atoms with Crippen LogP contribution in [0.15, 0.2) is 48.5 Å². The zero-order valence-corrected chi connectivity index (χ0v) is 13.1. The molecular formula is C19H20O4. The lowest BCUT2D eigenvalue weighted by Crippen LogP contribution is -2.41. The van der Waals surface area contributed by atoms with Gasteiger partial charge in [0, 0.05) is 13.2 Å². The standard InChI is InChI=1S/C19H20O4/c1-22-17-8-4-15(5-9-17)14-2-6-16(7-3-14)19(18(20)21)10-12-23-13-11-19/h2-9H,10-13H2,1H3,(H,20,21). The van der Waals surface area contributed by atoms with Gasteiger partial charge in [-0.1, -0.05) is 36.4 Å². The normalized spacial score (nSPS) is 16.7. The predicted molar refractivity (Wildman–Crippen MR) is 87.8 cm³/mol. The molecule has 2 aromatic rings. The van der Waals surface area contributed by atoms with E-state index in [0.29, 0.717) is 26.1 Å². The van der Waals surface area contributed by atoms with Crippen LogP contribution in [0.3, 0.4) is 0 Å². The van der Waals surface area contributed by atoms with E-state index < -0.39 is 11.4 Å². The van der Waals surface area contributed by atoms with Crippen molar-refractivity contribution in [1.29, 1.82) is 0 Å². The van der Waals surface area contributed by atoms with Crippen molar-refractivity contribution in [3.05, 3.63) is 54.1 Å². The maximum Gasteiger partial charge on any atom is 0.314 e. The van der Waals surface area contributed by atoms with E-state index in [2.05, 4.69) is 0 Å². The Balaban J connectivity index is 1.89. The van der Waals surface area contributed by atoms with Crippen LogP contribution in [0.1, 0.15) is 18.4 Å². The first-order chi connectivity index (χ1) is 11.2. The minimum atomic E-state index is -0.823. The summed E-state index contributed by atoms with van der Waals surface area (Å²) in [4.78, 5) is 11.8. The average Bonchev–Trinajstić information content (AvgIpc) is 2.62. The summed E-state index contributed by atoms with van der Waals surface area (Å²) in [5.74, 6) is 0.0513. The monoisotopic (exact) mass is 312 g/mol. The van der Waals surface area contributed by atoms with Crippen molar-refractivity contribution in [1.82, 2.24) is 0 Å². The van der Waals surface area contributed by atoms with Gasteiger partial charge in [0.1, 0.15) is 5.75 Å². The van der Waals surface area contributed by atoms with Crippen LogP contribution in [0, 0.1) is 0 Å². The molecule has 0 bridgehead atoms. The number of benzene rings is 2. The fraction of sp³-hybridized carbons (Fsp3) is 0.316. The van der Waals surface area contributed by atoms with Gasteiger partial charge in [-0.25, -0.2) is 0 Å². The lowest BCUT2D eigenvalue weighted by molar-refractivity contribution is -0.147. The second-order valence-electron chi connectivity index (χ2n) is 5.81. The molecule has 1 aliphatic rings. The number of ether oxygens (including phenoxy) is 2. The smallest absolute Gasteiger partial charge is 0.314 e. The van der Waals surface area contributed by atoms with Crippen LogP contribution in [0.2, 0.25) is 0 Å². The maximum atomic E-state index is 11.8. The number of methoxy groups -OCH3 is 1. The summed E-state index contributed by atoms with van der Waals surface area (Å²) in [5, 5.41) is 9.72. The van der Waals surface area contributed by atoms with Crippen LogP contribution in [-0.2, 0) is 14.9 Å². The number of carboxylic acids is 1. The summed E-state index contributed by atoms with van der Waals surface area (Å²) in [7, 11) is 1.64. The number of carbonyl (C=O) groups is 1. The molecule has 1 heterocycles. The molecule has 2 aromatic carbocycles. The largest absolute Gasteiger partial charge is 0.497 e. The van der Waals surface area contributed by atoms with Crippen molar-refractivity contribution in [2.45, 2.75) is 18.3 Å². The minimum absolute atomic E-state index is 0.493. The molecule has 0 aliphatic carbocycles. The summed E-state index contributed by atoms with van der Waals surface area (Å²) in [5.41, 5.74) is 2.17. The summed E-state index contributed by atoms with van der Waals surface area (Å²) in [6.45, 7) is 0.985. The zero-order chi connectivity index (χ0) is 16.3. The molecule has 0 spiro atoms. The van der Waals surface area contributed by atoms with E-state index in [9.17, 15) is 9.90 Å². The fourth-order valence-corrected chi connectivity index (χ4v) is 3.11. The molecule has 0 unspecified atom stereocenters. The van der Waals surface area contributed by atoms with Gasteiger partial charge in [-0.3, -0.25) is 4.79 Å². The van der Waals surface area contributed by atoms with Gasteiger partial charge in [-0.2, -0.15) is 0 Å². The number of aliphatic carboxylic acids is 1. The van der Waals surface area contributed by atoms with Crippen LogP contribution in [0.5, 0.6) is 5.75 Å². The van der Waals surface area contributed by atoms with E-state index in [1.54, 1.807) is 7.11 Å². The molecule has 0 radical (unpaired) electrons. The molecule has 4 heteroatoms. The van der Waals surface area contributed by atoms with Crippen molar-refractivity contribution >= 4 is 5.97 Å². The Kier molecular flexibility index (Phi) is 4.35. The van der Waals surface area contributed by atoms with Crippen LogP contribution in [0.25, 0.3) is 11.1 Å². The summed E-state index contributed by atoms with van der Waals surface area (Å²) >= 11 is 0. The molecule has 0 atom stereocenters. The second-order valence-corrected chi connectivity index (χ2v) is 5.81. The molecule has 1 aliphatic heterocycles. The second kappa shape index (κ2) is 6.42. The van der Waals surface area contributed by atoms with Crippen molar-refractivity contribution in [2.75, 3.05) is 20.3 Å². The molecule has 1 fully saturated rings. The van der Waals surface area contributed by atoms with Crippen LogP contribution in [-0.4, -0.2) is 31.4 Å².